The van der Waals surface area contributed by atoms with Gasteiger partial charge < -0.3 is 19.7 Å². The lowest BCUT2D eigenvalue weighted by atomic mass is 9.99. The molecule has 0 aliphatic carbocycles. The minimum atomic E-state index is -0.209. The molecule has 3 rings (SSSR count). The highest BCUT2D eigenvalue weighted by atomic mass is 35.5. The lowest BCUT2D eigenvalue weighted by molar-refractivity contribution is -0.128. The van der Waals surface area contributed by atoms with E-state index in [-0.39, 0.29) is 35.3 Å². The van der Waals surface area contributed by atoms with Crippen LogP contribution in [0.15, 0.2) is 17.1 Å². The zero-order chi connectivity index (χ0) is 19.4. The fourth-order valence-corrected chi connectivity index (χ4v) is 4.02. The summed E-state index contributed by atoms with van der Waals surface area (Å²) in [6.07, 6.45) is 4.77. The molecule has 1 unspecified atom stereocenters. The highest BCUT2D eigenvalue weighted by Gasteiger charge is 2.25. The molecule has 0 spiro atoms. The molecule has 2 fully saturated rings. The van der Waals surface area contributed by atoms with E-state index in [9.17, 15) is 14.4 Å². The van der Waals surface area contributed by atoms with Crippen LogP contribution in [0.3, 0.4) is 0 Å². The average molecular weight is 411 g/mol. The van der Waals surface area contributed by atoms with E-state index in [0.29, 0.717) is 38.6 Å². The number of carbonyl (C=O) groups is 2. The van der Waals surface area contributed by atoms with Gasteiger partial charge in [-0.05, 0) is 56.8 Å². The molecule has 0 radical (unpaired) electrons. The van der Waals surface area contributed by atoms with Gasteiger partial charge in [0.1, 0.15) is 5.56 Å². The van der Waals surface area contributed by atoms with Crippen molar-refractivity contribution in [3.63, 3.8) is 0 Å². The van der Waals surface area contributed by atoms with E-state index in [1.54, 1.807) is 21.3 Å². The predicted octanol–water partition coefficient (Wildman–Crippen LogP) is 1.27. The second-order valence-corrected chi connectivity index (χ2v) is 7.70. The molecule has 28 heavy (non-hydrogen) atoms. The van der Waals surface area contributed by atoms with Gasteiger partial charge >= 0.3 is 0 Å². The summed E-state index contributed by atoms with van der Waals surface area (Å²) in [6, 6.07) is 1.87. The first-order valence-corrected chi connectivity index (χ1v) is 9.93. The molecule has 0 bridgehead atoms. The zero-order valence-electron chi connectivity index (χ0n) is 16.8. The number of nitrogens with zero attached hydrogens (tertiary/aromatic N) is 3. The van der Waals surface area contributed by atoms with Crippen molar-refractivity contribution in [3.05, 3.63) is 33.7 Å². The van der Waals surface area contributed by atoms with Crippen molar-refractivity contribution in [1.29, 1.82) is 0 Å². The van der Waals surface area contributed by atoms with Gasteiger partial charge in [-0.25, -0.2) is 0 Å². The Hall–Kier alpha value is -1.86. The second kappa shape index (κ2) is 10.1. The Morgan fingerprint density at radius 2 is 1.86 bits per heavy atom. The molecule has 2 aliphatic rings. The highest BCUT2D eigenvalue weighted by molar-refractivity contribution is 5.95. The van der Waals surface area contributed by atoms with Crippen molar-refractivity contribution >= 4 is 24.2 Å². The normalized spacial score (nSPS) is 20.3. The van der Waals surface area contributed by atoms with Crippen molar-refractivity contribution < 1.29 is 9.59 Å². The molecule has 1 atom stereocenters. The monoisotopic (exact) mass is 410 g/mol. The third-order valence-corrected chi connectivity index (χ3v) is 5.67. The molecule has 0 saturated carbocycles. The summed E-state index contributed by atoms with van der Waals surface area (Å²) in [5, 5.41) is 3.37. The fraction of sp³-hybridized carbons (Fsp3) is 0.650. The molecule has 3 heterocycles. The third-order valence-electron chi connectivity index (χ3n) is 5.67. The lowest BCUT2D eigenvalue weighted by Crippen LogP contribution is -2.41. The van der Waals surface area contributed by atoms with Gasteiger partial charge in [-0.2, -0.15) is 0 Å². The summed E-state index contributed by atoms with van der Waals surface area (Å²) in [7, 11) is 0. The quantitative estimate of drug-likeness (QED) is 0.814. The van der Waals surface area contributed by atoms with Crippen molar-refractivity contribution in [1.82, 2.24) is 19.7 Å². The molecule has 8 heteroatoms. The summed E-state index contributed by atoms with van der Waals surface area (Å²) >= 11 is 0. The molecule has 2 aliphatic heterocycles. The average Bonchev–Trinajstić information content (AvgIpc) is 2.91. The second-order valence-electron chi connectivity index (χ2n) is 7.70. The predicted molar refractivity (Wildman–Crippen MR) is 111 cm³/mol. The Morgan fingerprint density at radius 1 is 1.14 bits per heavy atom. The molecule has 0 aromatic carbocycles. The number of halogens is 1. The molecule has 2 amide bonds. The smallest absolute Gasteiger partial charge is 0.263 e. The van der Waals surface area contributed by atoms with E-state index in [0.717, 1.165) is 37.9 Å². The maximum atomic E-state index is 13.1. The summed E-state index contributed by atoms with van der Waals surface area (Å²) in [5.74, 6) is 0.243. The van der Waals surface area contributed by atoms with Crippen LogP contribution in [-0.4, -0.2) is 65.4 Å². The number of aromatic nitrogens is 1. The molecule has 1 N–H and O–H groups in total. The van der Waals surface area contributed by atoms with Gasteiger partial charge in [0.2, 0.25) is 5.91 Å². The molecule has 1 aromatic rings. The number of hydrogen-bond donors (Lipinski definition) is 1. The van der Waals surface area contributed by atoms with Gasteiger partial charge in [-0.1, -0.05) is 0 Å². The summed E-state index contributed by atoms with van der Waals surface area (Å²) in [6.45, 7) is 8.19. The summed E-state index contributed by atoms with van der Waals surface area (Å²) in [5.41, 5.74) is 0.798. The van der Waals surface area contributed by atoms with E-state index < -0.39 is 0 Å². The van der Waals surface area contributed by atoms with Gasteiger partial charge in [0.05, 0.1) is 0 Å². The van der Waals surface area contributed by atoms with Gasteiger partial charge in [-0.3, -0.25) is 14.4 Å². The van der Waals surface area contributed by atoms with Crippen LogP contribution in [0, 0.1) is 12.8 Å². The Labute approximate surface area is 172 Å². The van der Waals surface area contributed by atoms with Crippen LogP contribution in [0.2, 0.25) is 0 Å². The first-order chi connectivity index (χ1) is 13.0. The summed E-state index contributed by atoms with van der Waals surface area (Å²) in [4.78, 5) is 41.2. The van der Waals surface area contributed by atoms with Crippen LogP contribution >= 0.6 is 12.4 Å². The molecule has 2 saturated heterocycles. The Bertz CT molecular complexity index is 758. The Morgan fingerprint density at radius 3 is 2.54 bits per heavy atom. The van der Waals surface area contributed by atoms with Crippen molar-refractivity contribution in [2.24, 2.45) is 5.92 Å². The topological polar surface area (TPSA) is 74.7 Å². The zero-order valence-corrected chi connectivity index (χ0v) is 17.6. The lowest BCUT2D eigenvalue weighted by Gasteiger charge is -2.25. The third kappa shape index (κ3) is 5.14. The molecule has 1 aromatic heterocycles. The van der Waals surface area contributed by atoms with E-state index in [1.807, 2.05) is 19.2 Å². The first kappa shape index (κ1) is 22.4. The number of amides is 2. The highest BCUT2D eigenvalue weighted by Crippen LogP contribution is 2.14. The van der Waals surface area contributed by atoms with Gasteiger partial charge in [0, 0.05) is 45.8 Å². The van der Waals surface area contributed by atoms with Crippen molar-refractivity contribution in [2.45, 2.75) is 39.7 Å². The van der Waals surface area contributed by atoms with Crippen molar-refractivity contribution in [2.75, 3.05) is 39.3 Å². The van der Waals surface area contributed by atoms with Gasteiger partial charge in [0.25, 0.3) is 11.5 Å². The summed E-state index contributed by atoms with van der Waals surface area (Å²) < 4.78 is 1.69. The molecule has 156 valence electrons. The minimum Gasteiger partial charge on any atom is -0.341 e. The van der Waals surface area contributed by atoms with Crippen LogP contribution in [-0.2, 0) is 11.3 Å². The van der Waals surface area contributed by atoms with Crippen LogP contribution in [0.4, 0.5) is 0 Å². The number of aryl methyl sites for hydroxylation is 1. The SMILES string of the molecule is CC(=O)N1CCCN(C(=O)c2c(C)ccn(CC3CCCNC3)c2=O)CC1.Cl. The van der Waals surface area contributed by atoms with Crippen LogP contribution < -0.4 is 10.9 Å². The first-order valence-electron chi connectivity index (χ1n) is 9.93. The van der Waals surface area contributed by atoms with E-state index in [4.69, 9.17) is 0 Å². The van der Waals surface area contributed by atoms with E-state index in [2.05, 4.69) is 5.32 Å². The number of nitrogens with one attached hydrogen (secondary N) is 1. The Kier molecular flexibility index (Phi) is 8.07. The maximum absolute atomic E-state index is 13.1. The van der Waals surface area contributed by atoms with Crippen LogP contribution in [0.1, 0.15) is 42.1 Å². The number of piperidine rings is 1. The van der Waals surface area contributed by atoms with Crippen LogP contribution in [0.5, 0.6) is 0 Å². The number of carbonyl (C=O) groups excluding carboxylic acids is 2. The van der Waals surface area contributed by atoms with Crippen molar-refractivity contribution in [3.8, 4) is 0 Å². The Balaban J connectivity index is 0.00000280. The van der Waals surface area contributed by atoms with E-state index >= 15 is 0 Å². The van der Waals surface area contributed by atoms with Gasteiger partial charge in [0.15, 0.2) is 0 Å². The minimum absolute atomic E-state index is 0. The molecular formula is C20H31ClN4O3. The number of hydrogen-bond acceptors (Lipinski definition) is 4. The molecular weight excluding hydrogens is 380 g/mol. The number of rotatable bonds is 3. The number of pyridine rings is 1. The molecule has 7 nitrogen and oxygen atoms in total. The van der Waals surface area contributed by atoms with Crippen LogP contribution in [0.25, 0.3) is 0 Å². The fourth-order valence-electron chi connectivity index (χ4n) is 4.02. The van der Waals surface area contributed by atoms with E-state index in [1.165, 1.54) is 0 Å². The van der Waals surface area contributed by atoms with Gasteiger partial charge in [-0.15, -0.1) is 12.4 Å². The maximum Gasteiger partial charge on any atom is 0.263 e. The standard InChI is InChI=1S/C20H30N4O3.ClH/c1-15-6-10-24(14-17-5-3-7-21-13-17)20(27)18(15)19(26)23-9-4-8-22(11-12-23)16(2)25;/h6,10,17,21H,3-5,7-9,11-14H2,1-2H3;1H. The largest absolute Gasteiger partial charge is 0.341 e.